The Balaban J connectivity index is 2.64. The minimum atomic E-state index is -0.877. The fraction of sp³-hybridized carbons (Fsp3) is 0.379. The highest BCUT2D eigenvalue weighted by Gasteiger charge is 2.33. The topological polar surface area (TPSA) is 101 Å². The third-order valence-corrected chi connectivity index (χ3v) is 6.81. The smallest absolute Gasteiger partial charge is 0.339 e. The van der Waals surface area contributed by atoms with Gasteiger partial charge in [-0.25, -0.2) is 9.18 Å². The molecule has 0 unspecified atom stereocenters. The molecular weight excluding hydrogens is 495 g/mol. The summed E-state index contributed by atoms with van der Waals surface area (Å²) < 4.78 is 41.8. The van der Waals surface area contributed by atoms with Crippen molar-refractivity contribution in [3.63, 3.8) is 0 Å². The fourth-order valence-corrected chi connectivity index (χ4v) is 4.72. The lowest BCUT2D eigenvalue weighted by Gasteiger charge is -2.23. The van der Waals surface area contributed by atoms with Crippen molar-refractivity contribution in [2.75, 3.05) is 35.5 Å². The van der Waals surface area contributed by atoms with Gasteiger partial charge in [0, 0.05) is 22.8 Å². The number of fused-ring (bicyclic) bond motifs is 1. The van der Waals surface area contributed by atoms with Crippen LogP contribution in [0.5, 0.6) is 28.7 Å². The second kappa shape index (κ2) is 12.0. The van der Waals surface area contributed by atoms with Gasteiger partial charge in [-0.05, 0) is 29.7 Å². The van der Waals surface area contributed by atoms with E-state index in [2.05, 4.69) is 0 Å². The number of Topliss-reactive ketones (excluding diaryl/α,β-unsaturated/α-hetero) is 1. The lowest BCUT2D eigenvalue weighted by atomic mass is 9.84. The van der Waals surface area contributed by atoms with Crippen molar-refractivity contribution in [1.82, 2.24) is 0 Å². The number of ether oxygens (including phenoxy) is 5. The number of esters is 1. The molecule has 0 spiro atoms. The average molecular weight is 529 g/mol. The molecule has 1 N–H and O–H groups in total. The molecule has 9 heteroatoms. The van der Waals surface area contributed by atoms with E-state index in [0.717, 1.165) is 12.8 Å². The van der Waals surface area contributed by atoms with Crippen LogP contribution in [-0.2, 0) is 4.74 Å². The molecule has 0 aromatic heterocycles. The first-order chi connectivity index (χ1) is 18.2. The number of carbonyl (C=O) groups is 2. The summed E-state index contributed by atoms with van der Waals surface area (Å²) in [6.07, 6.45) is 1.57. The summed E-state index contributed by atoms with van der Waals surface area (Å²) in [7, 11) is 6.72. The van der Waals surface area contributed by atoms with E-state index >= 15 is 0 Å². The molecule has 0 saturated heterocycles. The number of aromatic hydroxyl groups is 1. The van der Waals surface area contributed by atoms with E-state index in [1.165, 1.54) is 53.7 Å². The highest BCUT2D eigenvalue weighted by molar-refractivity contribution is 6.21. The van der Waals surface area contributed by atoms with Gasteiger partial charge >= 0.3 is 5.97 Å². The van der Waals surface area contributed by atoms with Gasteiger partial charge < -0.3 is 28.8 Å². The van der Waals surface area contributed by atoms with Gasteiger partial charge in [0.15, 0.2) is 28.8 Å². The van der Waals surface area contributed by atoms with E-state index in [1.54, 1.807) is 6.07 Å². The van der Waals surface area contributed by atoms with Crippen LogP contribution < -0.4 is 18.9 Å². The Hall–Kier alpha value is -4.01. The molecule has 0 atom stereocenters. The SMILES string of the molecule is CCC(CC)CC(=O)c1c(C(=O)OC)c(-c2ccc(OC)c(F)c2)c2c(OC)c(OC)c(OC)cc2c1O. The Morgan fingerprint density at radius 3 is 2.00 bits per heavy atom. The number of carbonyl (C=O) groups excluding carboxylic acids is 2. The van der Waals surface area contributed by atoms with Gasteiger partial charge in [-0.3, -0.25) is 4.79 Å². The maximum absolute atomic E-state index is 15.0. The molecule has 3 aromatic rings. The number of ketones is 1. The number of benzene rings is 3. The standard InChI is InChI=1S/C29H33FO8/c1-8-15(9-2)12-19(31)24-25(29(33)38-7)22(16-10-11-20(34-3)18(30)13-16)23-17(26(24)32)14-21(35-4)27(36-5)28(23)37-6/h10-11,13-15,32H,8-9,12H2,1-7H3. The zero-order valence-corrected chi connectivity index (χ0v) is 22.7. The minimum Gasteiger partial charge on any atom is -0.507 e. The van der Waals surface area contributed by atoms with E-state index in [9.17, 15) is 19.1 Å². The zero-order valence-electron chi connectivity index (χ0n) is 22.7. The summed E-state index contributed by atoms with van der Waals surface area (Å²) in [5, 5.41) is 11.9. The van der Waals surface area contributed by atoms with Crippen LogP contribution in [0.1, 0.15) is 53.8 Å². The molecule has 0 heterocycles. The van der Waals surface area contributed by atoms with Crippen molar-refractivity contribution in [3.8, 4) is 39.9 Å². The molecule has 0 radical (unpaired) electrons. The highest BCUT2D eigenvalue weighted by Crippen LogP contribution is 2.52. The lowest BCUT2D eigenvalue weighted by Crippen LogP contribution is -2.16. The second-order valence-corrected chi connectivity index (χ2v) is 8.69. The quantitative estimate of drug-likeness (QED) is 0.233. The number of halogens is 1. The first-order valence-electron chi connectivity index (χ1n) is 12.2. The second-order valence-electron chi connectivity index (χ2n) is 8.69. The Kier molecular flexibility index (Phi) is 9.04. The van der Waals surface area contributed by atoms with Gasteiger partial charge in [0.05, 0.1) is 46.7 Å². The van der Waals surface area contributed by atoms with Gasteiger partial charge in [0.25, 0.3) is 0 Å². The molecule has 3 aromatic carbocycles. The average Bonchev–Trinajstić information content (AvgIpc) is 2.93. The lowest BCUT2D eigenvalue weighted by molar-refractivity contribution is 0.0597. The zero-order chi connectivity index (χ0) is 28.1. The predicted octanol–water partition coefficient (Wildman–Crippen LogP) is 6.18. The van der Waals surface area contributed by atoms with Crippen LogP contribution in [0.3, 0.4) is 0 Å². The number of methoxy groups -OCH3 is 5. The molecule has 38 heavy (non-hydrogen) atoms. The van der Waals surface area contributed by atoms with E-state index in [1.807, 2.05) is 13.8 Å². The van der Waals surface area contributed by atoms with Crippen LogP contribution in [0.2, 0.25) is 0 Å². The third-order valence-electron chi connectivity index (χ3n) is 6.81. The summed E-state index contributed by atoms with van der Waals surface area (Å²) in [6.45, 7) is 3.94. The number of hydrogen-bond donors (Lipinski definition) is 1. The molecule has 8 nitrogen and oxygen atoms in total. The maximum atomic E-state index is 15.0. The van der Waals surface area contributed by atoms with E-state index in [0.29, 0.717) is 0 Å². The van der Waals surface area contributed by atoms with Crippen molar-refractivity contribution in [1.29, 1.82) is 0 Å². The van der Waals surface area contributed by atoms with E-state index in [4.69, 9.17) is 23.7 Å². The Bertz CT molecular complexity index is 1360. The highest BCUT2D eigenvalue weighted by atomic mass is 19.1. The summed E-state index contributed by atoms with van der Waals surface area (Å²) >= 11 is 0. The van der Waals surface area contributed by atoms with Crippen molar-refractivity contribution < 1.29 is 42.8 Å². The Labute approximate surface area is 221 Å². The van der Waals surface area contributed by atoms with Crippen molar-refractivity contribution >= 4 is 22.5 Å². The minimum absolute atomic E-state index is 0.00676. The van der Waals surface area contributed by atoms with Crippen LogP contribution in [-0.4, -0.2) is 52.4 Å². The summed E-state index contributed by atoms with van der Waals surface area (Å²) in [6, 6.07) is 5.63. The number of hydrogen-bond acceptors (Lipinski definition) is 8. The van der Waals surface area contributed by atoms with Crippen molar-refractivity contribution in [3.05, 3.63) is 41.2 Å². The van der Waals surface area contributed by atoms with Crippen molar-refractivity contribution in [2.24, 2.45) is 5.92 Å². The van der Waals surface area contributed by atoms with Gasteiger partial charge in [-0.1, -0.05) is 32.8 Å². The first-order valence-corrected chi connectivity index (χ1v) is 12.2. The van der Waals surface area contributed by atoms with E-state index in [-0.39, 0.29) is 68.4 Å². The van der Waals surface area contributed by atoms with Crippen LogP contribution in [0.25, 0.3) is 21.9 Å². The van der Waals surface area contributed by atoms with Gasteiger partial charge in [-0.2, -0.15) is 0 Å². The van der Waals surface area contributed by atoms with Gasteiger partial charge in [0.1, 0.15) is 5.75 Å². The fourth-order valence-electron chi connectivity index (χ4n) is 4.72. The van der Waals surface area contributed by atoms with Crippen LogP contribution in [0.15, 0.2) is 24.3 Å². The maximum Gasteiger partial charge on any atom is 0.339 e. The van der Waals surface area contributed by atoms with Crippen molar-refractivity contribution in [2.45, 2.75) is 33.1 Å². The van der Waals surface area contributed by atoms with Gasteiger partial charge in [0.2, 0.25) is 5.75 Å². The molecule has 0 aliphatic carbocycles. The van der Waals surface area contributed by atoms with Crippen LogP contribution in [0.4, 0.5) is 4.39 Å². The molecule has 3 rings (SSSR count). The summed E-state index contributed by atoms with van der Waals surface area (Å²) in [5.74, 6) is -1.89. The van der Waals surface area contributed by atoms with Crippen LogP contribution >= 0.6 is 0 Å². The molecule has 0 amide bonds. The molecule has 0 aliphatic rings. The largest absolute Gasteiger partial charge is 0.507 e. The molecule has 0 fully saturated rings. The Morgan fingerprint density at radius 1 is 0.868 bits per heavy atom. The monoisotopic (exact) mass is 528 g/mol. The molecule has 204 valence electrons. The number of phenols is 1. The molecule has 0 saturated carbocycles. The molecule has 0 bridgehead atoms. The number of rotatable bonds is 11. The Morgan fingerprint density at radius 2 is 1.50 bits per heavy atom. The van der Waals surface area contributed by atoms with Gasteiger partial charge in [-0.15, -0.1) is 0 Å². The predicted molar refractivity (Wildman–Crippen MR) is 142 cm³/mol. The third kappa shape index (κ3) is 4.92. The summed E-state index contributed by atoms with van der Waals surface area (Å²) in [4.78, 5) is 27.1. The molecule has 0 aliphatic heterocycles. The number of phenolic OH excluding ortho intramolecular Hbond substituents is 1. The first kappa shape index (κ1) is 28.6. The van der Waals surface area contributed by atoms with E-state index < -0.39 is 23.3 Å². The molecular formula is C29H33FO8. The normalized spacial score (nSPS) is 11.0. The van der Waals surface area contributed by atoms with Crippen LogP contribution in [0, 0.1) is 11.7 Å². The summed E-state index contributed by atoms with van der Waals surface area (Å²) in [5.41, 5.74) is -0.0481.